The van der Waals surface area contributed by atoms with Crippen LogP contribution in [-0.4, -0.2) is 44.8 Å². The molecule has 0 heterocycles. The maximum Gasteiger partial charge on any atom is 0.108 e. The Hall–Kier alpha value is -0.160. The van der Waals surface area contributed by atoms with E-state index in [1.54, 1.807) is 0 Å². The molecule has 0 aliphatic rings. The molecule has 0 aromatic rings. The van der Waals surface area contributed by atoms with Crippen molar-refractivity contribution in [3.8, 4) is 0 Å². The van der Waals surface area contributed by atoms with Crippen LogP contribution in [0, 0.1) is 0 Å². The van der Waals surface area contributed by atoms with Gasteiger partial charge in [-0.05, 0) is 13.8 Å². The quantitative estimate of drug-likeness (QED) is 0.423. The normalized spacial score (nSPS) is 22.4. The summed E-state index contributed by atoms with van der Waals surface area (Å²) in [5.41, 5.74) is -1.41. The summed E-state index contributed by atoms with van der Waals surface area (Å²) in [6, 6.07) is 0. The van der Waals surface area contributed by atoms with Crippen molar-refractivity contribution in [2.45, 2.75) is 38.1 Å². The lowest BCUT2D eigenvalue weighted by Gasteiger charge is -2.30. The highest BCUT2D eigenvalue weighted by molar-refractivity contribution is 4.84. The summed E-state index contributed by atoms with van der Waals surface area (Å²) in [5.74, 6) is 0. The zero-order valence-corrected chi connectivity index (χ0v) is 6.86. The molecule has 0 saturated heterocycles. The Labute approximate surface area is 66.1 Å². The van der Waals surface area contributed by atoms with Crippen LogP contribution in [0.4, 0.5) is 0 Å². The molecule has 0 aliphatic heterocycles. The first-order valence-electron chi connectivity index (χ1n) is 3.61. The van der Waals surface area contributed by atoms with Gasteiger partial charge in [-0.25, -0.2) is 0 Å². The van der Waals surface area contributed by atoms with E-state index in [1.165, 1.54) is 13.8 Å². The zero-order valence-electron chi connectivity index (χ0n) is 6.86. The minimum Gasteiger partial charge on any atom is -0.396 e. The third kappa shape index (κ3) is 3.16. The highest BCUT2D eigenvalue weighted by Crippen LogP contribution is 2.16. The molecular weight excluding hydrogens is 148 g/mol. The lowest BCUT2D eigenvalue weighted by molar-refractivity contribution is -0.118. The van der Waals surface area contributed by atoms with E-state index in [9.17, 15) is 10.2 Å². The summed E-state index contributed by atoms with van der Waals surface area (Å²) in [5, 5.41) is 35.9. The Bertz CT molecular complexity index is 111. The molecule has 0 aromatic carbocycles. The largest absolute Gasteiger partial charge is 0.396 e. The summed E-state index contributed by atoms with van der Waals surface area (Å²) in [7, 11) is 0. The standard InChI is InChI=1S/C7H16O4/c1-5(9)6(10)7(2,11)3-4-8/h5-6,8-11H,3-4H2,1-2H3. The van der Waals surface area contributed by atoms with Crippen LogP contribution in [0.2, 0.25) is 0 Å². The van der Waals surface area contributed by atoms with Crippen molar-refractivity contribution < 1.29 is 20.4 Å². The van der Waals surface area contributed by atoms with E-state index in [2.05, 4.69) is 0 Å². The van der Waals surface area contributed by atoms with Crippen molar-refractivity contribution in [3.63, 3.8) is 0 Å². The first-order valence-corrected chi connectivity index (χ1v) is 3.61. The fourth-order valence-electron chi connectivity index (χ4n) is 0.894. The van der Waals surface area contributed by atoms with Crippen molar-refractivity contribution in [1.82, 2.24) is 0 Å². The number of rotatable bonds is 4. The van der Waals surface area contributed by atoms with Crippen LogP contribution >= 0.6 is 0 Å². The van der Waals surface area contributed by atoms with Crippen LogP contribution in [0.15, 0.2) is 0 Å². The Morgan fingerprint density at radius 1 is 1.36 bits per heavy atom. The number of hydrogen-bond acceptors (Lipinski definition) is 4. The fraction of sp³-hybridized carbons (Fsp3) is 1.00. The smallest absolute Gasteiger partial charge is 0.108 e. The molecule has 0 amide bonds. The lowest BCUT2D eigenvalue weighted by atomic mass is 9.92. The minimum atomic E-state index is -1.41. The molecule has 0 saturated carbocycles. The van der Waals surface area contributed by atoms with Gasteiger partial charge in [-0.2, -0.15) is 0 Å². The van der Waals surface area contributed by atoms with Gasteiger partial charge in [0.25, 0.3) is 0 Å². The maximum absolute atomic E-state index is 9.38. The lowest BCUT2D eigenvalue weighted by Crippen LogP contribution is -2.46. The van der Waals surface area contributed by atoms with E-state index in [-0.39, 0.29) is 13.0 Å². The Morgan fingerprint density at radius 3 is 2.09 bits per heavy atom. The number of hydrogen-bond donors (Lipinski definition) is 4. The van der Waals surface area contributed by atoms with E-state index in [4.69, 9.17) is 10.2 Å². The summed E-state index contributed by atoms with van der Waals surface area (Å²) < 4.78 is 0. The van der Waals surface area contributed by atoms with Crippen molar-refractivity contribution >= 4 is 0 Å². The predicted molar refractivity (Wildman–Crippen MR) is 40.0 cm³/mol. The molecule has 0 spiro atoms. The Kier molecular flexibility index (Phi) is 3.96. The molecular formula is C7H16O4. The third-order valence-electron chi connectivity index (χ3n) is 1.71. The first kappa shape index (κ1) is 10.8. The first-order chi connectivity index (χ1) is 4.91. The molecule has 11 heavy (non-hydrogen) atoms. The van der Waals surface area contributed by atoms with Gasteiger partial charge >= 0.3 is 0 Å². The monoisotopic (exact) mass is 164 g/mol. The molecule has 0 aliphatic carbocycles. The van der Waals surface area contributed by atoms with Gasteiger partial charge in [-0.15, -0.1) is 0 Å². The maximum atomic E-state index is 9.38. The van der Waals surface area contributed by atoms with Crippen molar-refractivity contribution in [1.29, 1.82) is 0 Å². The SMILES string of the molecule is CC(O)C(O)C(C)(O)CCO. The molecule has 4 N–H and O–H groups in total. The molecule has 4 nitrogen and oxygen atoms in total. The average Bonchev–Trinajstić information content (AvgIpc) is 1.86. The molecule has 0 rings (SSSR count). The molecule has 3 unspecified atom stereocenters. The van der Waals surface area contributed by atoms with E-state index >= 15 is 0 Å². The molecule has 0 fully saturated rings. The van der Waals surface area contributed by atoms with Gasteiger partial charge in [0.1, 0.15) is 6.10 Å². The van der Waals surface area contributed by atoms with Gasteiger partial charge in [0.2, 0.25) is 0 Å². The van der Waals surface area contributed by atoms with Crippen LogP contribution in [0.25, 0.3) is 0 Å². The van der Waals surface area contributed by atoms with Crippen LogP contribution in [0.5, 0.6) is 0 Å². The minimum absolute atomic E-state index is 0.0546. The van der Waals surface area contributed by atoms with Crippen LogP contribution in [-0.2, 0) is 0 Å². The fourth-order valence-corrected chi connectivity index (χ4v) is 0.894. The Balaban J connectivity index is 4.05. The number of aliphatic hydroxyl groups is 4. The van der Waals surface area contributed by atoms with Crippen molar-refractivity contribution in [2.75, 3.05) is 6.61 Å². The Morgan fingerprint density at radius 2 is 1.82 bits per heavy atom. The number of aliphatic hydroxyl groups excluding tert-OH is 3. The molecule has 0 aromatic heterocycles. The summed E-state index contributed by atoms with van der Waals surface area (Å²) in [6.45, 7) is 2.55. The van der Waals surface area contributed by atoms with Crippen molar-refractivity contribution in [2.24, 2.45) is 0 Å². The van der Waals surface area contributed by atoms with Gasteiger partial charge in [0.15, 0.2) is 0 Å². The summed E-state index contributed by atoms with van der Waals surface area (Å²) >= 11 is 0. The van der Waals surface area contributed by atoms with Crippen LogP contribution in [0.3, 0.4) is 0 Å². The molecule has 0 radical (unpaired) electrons. The highest BCUT2D eigenvalue weighted by Gasteiger charge is 2.32. The average molecular weight is 164 g/mol. The summed E-state index contributed by atoms with van der Waals surface area (Å²) in [6.07, 6.45) is -2.15. The summed E-state index contributed by atoms with van der Waals surface area (Å²) in [4.78, 5) is 0. The van der Waals surface area contributed by atoms with Crippen LogP contribution < -0.4 is 0 Å². The van der Waals surface area contributed by atoms with Crippen molar-refractivity contribution in [3.05, 3.63) is 0 Å². The van der Waals surface area contributed by atoms with E-state index in [0.717, 1.165) is 0 Å². The second kappa shape index (κ2) is 4.01. The third-order valence-corrected chi connectivity index (χ3v) is 1.71. The molecule has 68 valence electrons. The van der Waals surface area contributed by atoms with E-state index in [0.29, 0.717) is 0 Å². The van der Waals surface area contributed by atoms with Gasteiger partial charge < -0.3 is 20.4 Å². The predicted octanol–water partition coefficient (Wildman–Crippen LogP) is -1.14. The van der Waals surface area contributed by atoms with Gasteiger partial charge in [-0.3, -0.25) is 0 Å². The van der Waals surface area contributed by atoms with E-state index in [1.807, 2.05) is 0 Å². The molecule has 3 atom stereocenters. The van der Waals surface area contributed by atoms with Gasteiger partial charge in [-0.1, -0.05) is 0 Å². The van der Waals surface area contributed by atoms with Gasteiger partial charge in [0, 0.05) is 13.0 Å². The highest BCUT2D eigenvalue weighted by atomic mass is 16.4. The second-order valence-electron chi connectivity index (χ2n) is 3.02. The zero-order chi connectivity index (χ0) is 9.07. The topological polar surface area (TPSA) is 80.9 Å². The van der Waals surface area contributed by atoms with Gasteiger partial charge in [0.05, 0.1) is 11.7 Å². The molecule has 4 heteroatoms. The molecule has 0 bridgehead atoms. The second-order valence-corrected chi connectivity index (χ2v) is 3.02. The van der Waals surface area contributed by atoms with Crippen LogP contribution in [0.1, 0.15) is 20.3 Å². The van der Waals surface area contributed by atoms with E-state index < -0.39 is 17.8 Å².